The number of hydrogen-bond acceptors (Lipinski definition) is 4. The van der Waals surface area contributed by atoms with E-state index in [4.69, 9.17) is 0 Å². The van der Waals surface area contributed by atoms with E-state index in [1.807, 2.05) is 49.4 Å². The van der Waals surface area contributed by atoms with Gasteiger partial charge in [0.2, 0.25) is 5.95 Å². The summed E-state index contributed by atoms with van der Waals surface area (Å²) in [6.07, 6.45) is 3.07. The molecule has 0 radical (unpaired) electrons. The smallest absolute Gasteiger partial charge is 0.254 e. The zero-order valence-electron chi connectivity index (χ0n) is 16.7. The maximum Gasteiger partial charge on any atom is 0.254 e. The van der Waals surface area contributed by atoms with E-state index >= 15 is 0 Å². The minimum atomic E-state index is -0.197. The van der Waals surface area contributed by atoms with Crippen molar-refractivity contribution in [3.63, 3.8) is 0 Å². The Hall–Kier alpha value is -3.21. The summed E-state index contributed by atoms with van der Waals surface area (Å²) in [5.41, 5.74) is 3.76. The van der Waals surface area contributed by atoms with Crippen molar-refractivity contribution < 1.29 is 4.79 Å². The van der Waals surface area contributed by atoms with Gasteiger partial charge in [-0.15, -0.1) is 0 Å². The Bertz CT molecular complexity index is 914. The number of amides is 1. The first-order valence-corrected chi connectivity index (χ1v) is 9.38. The van der Waals surface area contributed by atoms with Crippen molar-refractivity contribution in [2.75, 3.05) is 5.32 Å². The van der Waals surface area contributed by atoms with E-state index in [2.05, 4.69) is 53.5 Å². The standard InChI is InChI=1S/C23H26N4O/c1-16(17-8-6-5-7-9-17)26-21(28)18-14-24-22(25-15-18)27-20-12-10-19(11-13-20)23(2,3)4/h5-16H,1-4H3,(H,26,28)(H,24,25,27). The zero-order valence-corrected chi connectivity index (χ0v) is 16.7. The van der Waals surface area contributed by atoms with Crippen LogP contribution >= 0.6 is 0 Å². The van der Waals surface area contributed by atoms with Crippen molar-refractivity contribution in [2.45, 2.75) is 39.2 Å². The molecule has 0 aliphatic heterocycles. The molecule has 2 N–H and O–H groups in total. The van der Waals surface area contributed by atoms with Crippen molar-refractivity contribution in [3.05, 3.63) is 83.7 Å². The second-order valence-corrected chi connectivity index (χ2v) is 7.85. The van der Waals surface area contributed by atoms with Crippen LogP contribution in [-0.2, 0) is 5.41 Å². The minimum Gasteiger partial charge on any atom is -0.345 e. The molecule has 1 aromatic heterocycles. The first-order chi connectivity index (χ1) is 13.3. The minimum absolute atomic E-state index is 0.0900. The molecule has 1 amide bonds. The molecule has 0 aliphatic rings. The molecule has 0 bridgehead atoms. The maximum atomic E-state index is 12.4. The van der Waals surface area contributed by atoms with Crippen molar-refractivity contribution in [2.24, 2.45) is 0 Å². The third-order valence-corrected chi connectivity index (χ3v) is 4.57. The van der Waals surface area contributed by atoms with Crippen LogP contribution in [0.2, 0.25) is 0 Å². The lowest BCUT2D eigenvalue weighted by atomic mass is 9.87. The van der Waals surface area contributed by atoms with Gasteiger partial charge in [0.05, 0.1) is 11.6 Å². The summed E-state index contributed by atoms with van der Waals surface area (Å²) in [5, 5.41) is 6.12. The molecule has 0 fully saturated rings. The summed E-state index contributed by atoms with van der Waals surface area (Å²) in [7, 11) is 0. The summed E-state index contributed by atoms with van der Waals surface area (Å²) in [6, 6.07) is 17.9. The van der Waals surface area contributed by atoms with Gasteiger partial charge in [-0.25, -0.2) is 9.97 Å². The molecule has 1 heterocycles. The highest BCUT2D eigenvalue weighted by molar-refractivity contribution is 5.93. The Balaban J connectivity index is 1.62. The predicted molar refractivity (Wildman–Crippen MR) is 113 cm³/mol. The van der Waals surface area contributed by atoms with Gasteiger partial charge in [0.15, 0.2) is 0 Å². The van der Waals surface area contributed by atoms with Crippen LogP contribution in [0.25, 0.3) is 0 Å². The van der Waals surface area contributed by atoms with Gasteiger partial charge in [-0.1, -0.05) is 63.2 Å². The predicted octanol–water partition coefficient (Wildman–Crippen LogP) is 5.01. The normalized spacial score (nSPS) is 12.3. The Morgan fingerprint density at radius 2 is 1.54 bits per heavy atom. The second kappa shape index (κ2) is 8.21. The number of nitrogens with zero attached hydrogens (tertiary/aromatic N) is 2. The molecule has 3 aromatic rings. The average Bonchev–Trinajstić information content (AvgIpc) is 2.69. The SMILES string of the molecule is CC(NC(=O)c1cnc(Nc2ccc(C(C)(C)C)cc2)nc1)c1ccccc1. The lowest BCUT2D eigenvalue weighted by molar-refractivity contribution is 0.0939. The van der Waals surface area contributed by atoms with Gasteiger partial charge in [-0.2, -0.15) is 0 Å². The van der Waals surface area contributed by atoms with Crippen LogP contribution in [0.4, 0.5) is 11.6 Å². The molecule has 3 rings (SSSR count). The highest BCUT2D eigenvalue weighted by Gasteiger charge is 2.14. The fraction of sp³-hybridized carbons (Fsp3) is 0.261. The van der Waals surface area contributed by atoms with Crippen molar-refractivity contribution in [3.8, 4) is 0 Å². The molecule has 5 heteroatoms. The molecule has 5 nitrogen and oxygen atoms in total. The van der Waals surface area contributed by atoms with E-state index in [0.717, 1.165) is 11.3 Å². The van der Waals surface area contributed by atoms with Crippen LogP contribution in [0.15, 0.2) is 67.0 Å². The zero-order chi connectivity index (χ0) is 20.1. The van der Waals surface area contributed by atoms with E-state index in [0.29, 0.717) is 11.5 Å². The molecule has 1 atom stereocenters. The Kier molecular flexibility index (Phi) is 5.73. The number of rotatable bonds is 5. The molecular weight excluding hydrogens is 348 g/mol. The van der Waals surface area contributed by atoms with E-state index in [-0.39, 0.29) is 17.4 Å². The van der Waals surface area contributed by atoms with Gasteiger partial charge in [-0.3, -0.25) is 4.79 Å². The highest BCUT2D eigenvalue weighted by atomic mass is 16.1. The number of anilines is 2. The molecule has 0 saturated heterocycles. The monoisotopic (exact) mass is 374 g/mol. The summed E-state index contributed by atoms with van der Waals surface area (Å²) < 4.78 is 0. The second-order valence-electron chi connectivity index (χ2n) is 7.85. The van der Waals surface area contributed by atoms with E-state index in [9.17, 15) is 4.79 Å². The Morgan fingerprint density at radius 3 is 2.11 bits per heavy atom. The number of hydrogen-bond donors (Lipinski definition) is 2. The van der Waals surface area contributed by atoms with Gasteiger partial charge in [0, 0.05) is 18.1 Å². The molecule has 0 saturated carbocycles. The van der Waals surface area contributed by atoms with E-state index in [1.165, 1.54) is 18.0 Å². The summed E-state index contributed by atoms with van der Waals surface area (Å²) in [5.74, 6) is 0.258. The number of carbonyl (C=O) groups excluding carboxylic acids is 1. The number of carbonyl (C=O) groups is 1. The topological polar surface area (TPSA) is 66.9 Å². The molecular formula is C23H26N4O. The third-order valence-electron chi connectivity index (χ3n) is 4.57. The molecule has 2 aromatic carbocycles. The van der Waals surface area contributed by atoms with Crippen LogP contribution in [0.3, 0.4) is 0 Å². The first kappa shape index (κ1) is 19.5. The third kappa shape index (κ3) is 4.94. The molecule has 1 unspecified atom stereocenters. The van der Waals surface area contributed by atoms with Crippen LogP contribution in [0.5, 0.6) is 0 Å². The Labute approximate surface area is 166 Å². The van der Waals surface area contributed by atoms with Gasteiger partial charge in [-0.05, 0) is 35.6 Å². The quantitative estimate of drug-likeness (QED) is 0.659. The van der Waals surface area contributed by atoms with Gasteiger partial charge in [0.25, 0.3) is 5.91 Å². The van der Waals surface area contributed by atoms with E-state index in [1.54, 1.807) is 0 Å². The highest BCUT2D eigenvalue weighted by Crippen LogP contribution is 2.24. The fourth-order valence-corrected chi connectivity index (χ4v) is 2.80. The number of nitrogens with one attached hydrogen (secondary N) is 2. The first-order valence-electron chi connectivity index (χ1n) is 9.38. The molecule has 144 valence electrons. The fourth-order valence-electron chi connectivity index (χ4n) is 2.80. The van der Waals surface area contributed by atoms with Gasteiger partial charge < -0.3 is 10.6 Å². The van der Waals surface area contributed by atoms with Gasteiger partial charge in [0.1, 0.15) is 0 Å². The molecule has 28 heavy (non-hydrogen) atoms. The van der Waals surface area contributed by atoms with E-state index < -0.39 is 0 Å². The lowest BCUT2D eigenvalue weighted by Gasteiger charge is -2.19. The van der Waals surface area contributed by atoms with Crippen molar-refractivity contribution in [1.29, 1.82) is 0 Å². The van der Waals surface area contributed by atoms with Crippen molar-refractivity contribution >= 4 is 17.5 Å². The van der Waals surface area contributed by atoms with Crippen LogP contribution in [-0.4, -0.2) is 15.9 Å². The summed E-state index contributed by atoms with van der Waals surface area (Å²) in [4.78, 5) is 20.9. The lowest BCUT2D eigenvalue weighted by Crippen LogP contribution is -2.26. The van der Waals surface area contributed by atoms with Crippen LogP contribution in [0, 0.1) is 0 Å². The summed E-state index contributed by atoms with van der Waals surface area (Å²) >= 11 is 0. The van der Waals surface area contributed by atoms with Crippen LogP contribution < -0.4 is 10.6 Å². The average molecular weight is 374 g/mol. The Morgan fingerprint density at radius 1 is 0.929 bits per heavy atom. The van der Waals surface area contributed by atoms with Gasteiger partial charge >= 0.3 is 0 Å². The largest absolute Gasteiger partial charge is 0.345 e. The molecule has 0 spiro atoms. The maximum absolute atomic E-state index is 12.4. The number of aromatic nitrogens is 2. The van der Waals surface area contributed by atoms with Crippen LogP contribution in [0.1, 0.15) is 55.2 Å². The summed E-state index contributed by atoms with van der Waals surface area (Å²) in [6.45, 7) is 8.49. The molecule has 0 aliphatic carbocycles. The number of benzene rings is 2. The van der Waals surface area contributed by atoms with Crippen molar-refractivity contribution in [1.82, 2.24) is 15.3 Å².